The Labute approximate surface area is 104 Å². The molecule has 3 heteroatoms. The number of likely N-dealkylation sites (N-methyl/N-ethyl adjacent to an activating group) is 1. The van der Waals surface area contributed by atoms with E-state index in [4.69, 9.17) is 5.73 Å². The quantitative estimate of drug-likeness (QED) is 0.870. The first-order valence-corrected chi connectivity index (χ1v) is 5.93. The third-order valence-electron chi connectivity index (χ3n) is 3.21. The predicted octanol–water partition coefficient (Wildman–Crippen LogP) is 2.03. The molecule has 3 nitrogen and oxygen atoms in total. The van der Waals surface area contributed by atoms with E-state index < -0.39 is 0 Å². The van der Waals surface area contributed by atoms with Gasteiger partial charge in [-0.15, -0.1) is 0 Å². The fourth-order valence-corrected chi connectivity index (χ4v) is 2.05. The number of carbonyl (C=O) groups excluding carboxylic acids is 1. The minimum absolute atomic E-state index is 0.0537. The van der Waals surface area contributed by atoms with Crippen LogP contribution in [0.5, 0.6) is 0 Å². The van der Waals surface area contributed by atoms with E-state index in [1.54, 1.807) is 11.9 Å². The summed E-state index contributed by atoms with van der Waals surface area (Å²) in [6.45, 7) is 8.44. The molecule has 0 saturated heterocycles. The average molecular weight is 234 g/mol. The van der Waals surface area contributed by atoms with E-state index in [2.05, 4.69) is 0 Å². The molecule has 94 valence electrons. The molecule has 1 aromatic rings. The van der Waals surface area contributed by atoms with Gasteiger partial charge in [0, 0.05) is 25.2 Å². The predicted molar refractivity (Wildman–Crippen MR) is 71.3 cm³/mol. The van der Waals surface area contributed by atoms with Gasteiger partial charge in [0.2, 0.25) is 0 Å². The summed E-state index contributed by atoms with van der Waals surface area (Å²) >= 11 is 0. The van der Waals surface area contributed by atoms with Gasteiger partial charge >= 0.3 is 0 Å². The van der Waals surface area contributed by atoms with Crippen LogP contribution in [-0.2, 0) is 0 Å². The molecule has 0 bridgehead atoms. The van der Waals surface area contributed by atoms with E-state index in [1.165, 1.54) is 5.56 Å². The fourth-order valence-electron chi connectivity index (χ4n) is 2.05. The van der Waals surface area contributed by atoms with Crippen molar-refractivity contribution >= 4 is 5.91 Å². The van der Waals surface area contributed by atoms with E-state index in [0.717, 1.165) is 16.7 Å². The monoisotopic (exact) mass is 234 g/mol. The summed E-state index contributed by atoms with van der Waals surface area (Å²) in [5.41, 5.74) is 9.65. The van der Waals surface area contributed by atoms with Crippen LogP contribution in [0, 0.1) is 20.8 Å². The molecular formula is C14H22N2O. The van der Waals surface area contributed by atoms with Crippen molar-refractivity contribution in [1.82, 2.24) is 4.90 Å². The third-order valence-corrected chi connectivity index (χ3v) is 3.21. The van der Waals surface area contributed by atoms with Gasteiger partial charge < -0.3 is 10.6 Å². The first kappa shape index (κ1) is 13.7. The van der Waals surface area contributed by atoms with Crippen molar-refractivity contribution in [2.45, 2.75) is 33.7 Å². The molecule has 1 unspecified atom stereocenters. The summed E-state index contributed by atoms with van der Waals surface area (Å²) in [5.74, 6) is 0.0537. The standard InChI is InChI=1S/C14H22N2O/c1-9-6-10(2)13(11(3)7-9)14(17)16(5)12(4)8-15/h6-7,12H,8,15H2,1-5H3. The van der Waals surface area contributed by atoms with Crippen LogP contribution < -0.4 is 5.73 Å². The number of rotatable bonds is 3. The van der Waals surface area contributed by atoms with E-state index in [9.17, 15) is 4.79 Å². The zero-order valence-electron chi connectivity index (χ0n) is 11.4. The number of aryl methyl sites for hydroxylation is 3. The van der Waals surface area contributed by atoms with Gasteiger partial charge in [0.25, 0.3) is 5.91 Å². The molecule has 0 saturated carbocycles. The van der Waals surface area contributed by atoms with Crippen molar-refractivity contribution in [3.63, 3.8) is 0 Å². The molecule has 1 rings (SSSR count). The number of hydrogen-bond donors (Lipinski definition) is 1. The topological polar surface area (TPSA) is 46.3 Å². The minimum atomic E-state index is 0.0537. The Kier molecular flexibility index (Phi) is 4.29. The molecule has 2 N–H and O–H groups in total. The number of nitrogens with zero attached hydrogens (tertiary/aromatic N) is 1. The number of nitrogens with two attached hydrogens (primary N) is 1. The van der Waals surface area contributed by atoms with Crippen molar-refractivity contribution in [1.29, 1.82) is 0 Å². The Balaban J connectivity index is 3.13. The van der Waals surface area contributed by atoms with Crippen molar-refractivity contribution in [2.75, 3.05) is 13.6 Å². The number of hydrogen-bond acceptors (Lipinski definition) is 2. The Hall–Kier alpha value is -1.35. The van der Waals surface area contributed by atoms with Crippen molar-refractivity contribution in [2.24, 2.45) is 5.73 Å². The molecule has 0 radical (unpaired) electrons. The molecular weight excluding hydrogens is 212 g/mol. The van der Waals surface area contributed by atoms with Crippen LogP contribution in [0.25, 0.3) is 0 Å². The zero-order valence-corrected chi connectivity index (χ0v) is 11.4. The molecule has 0 aliphatic heterocycles. The molecule has 17 heavy (non-hydrogen) atoms. The molecule has 0 aliphatic rings. The Morgan fingerprint density at radius 3 is 2.18 bits per heavy atom. The van der Waals surface area contributed by atoms with Crippen molar-refractivity contribution < 1.29 is 4.79 Å². The van der Waals surface area contributed by atoms with E-state index in [1.807, 2.05) is 39.8 Å². The summed E-state index contributed by atoms with van der Waals surface area (Å²) in [5, 5.41) is 0. The van der Waals surface area contributed by atoms with Crippen molar-refractivity contribution in [3.8, 4) is 0 Å². The Morgan fingerprint density at radius 1 is 1.29 bits per heavy atom. The molecule has 1 amide bonds. The smallest absolute Gasteiger partial charge is 0.254 e. The molecule has 0 spiro atoms. The average Bonchev–Trinajstić information content (AvgIpc) is 2.25. The number of carbonyl (C=O) groups is 1. The Morgan fingerprint density at radius 2 is 1.76 bits per heavy atom. The van der Waals surface area contributed by atoms with Gasteiger partial charge in [0.1, 0.15) is 0 Å². The maximum Gasteiger partial charge on any atom is 0.254 e. The molecule has 0 aromatic heterocycles. The highest BCUT2D eigenvalue weighted by atomic mass is 16.2. The maximum atomic E-state index is 12.4. The zero-order chi connectivity index (χ0) is 13.2. The second-order valence-electron chi connectivity index (χ2n) is 4.77. The molecule has 1 aromatic carbocycles. The first-order chi connectivity index (χ1) is 7.88. The third kappa shape index (κ3) is 2.86. The van der Waals surface area contributed by atoms with Crippen LogP contribution in [0.15, 0.2) is 12.1 Å². The lowest BCUT2D eigenvalue weighted by Gasteiger charge is -2.25. The second-order valence-corrected chi connectivity index (χ2v) is 4.77. The van der Waals surface area contributed by atoms with Crippen molar-refractivity contribution in [3.05, 3.63) is 34.4 Å². The SMILES string of the molecule is Cc1cc(C)c(C(=O)N(C)C(C)CN)c(C)c1. The van der Waals surface area contributed by atoms with Crippen LogP contribution >= 0.6 is 0 Å². The van der Waals surface area contributed by atoms with E-state index >= 15 is 0 Å². The van der Waals surface area contributed by atoms with E-state index in [-0.39, 0.29) is 11.9 Å². The van der Waals surface area contributed by atoms with E-state index in [0.29, 0.717) is 6.54 Å². The van der Waals surface area contributed by atoms with Crippen LogP contribution in [0.2, 0.25) is 0 Å². The van der Waals surface area contributed by atoms with Gasteiger partial charge in [-0.1, -0.05) is 17.7 Å². The normalized spacial score (nSPS) is 12.4. The van der Waals surface area contributed by atoms with Gasteiger partial charge in [-0.25, -0.2) is 0 Å². The number of amides is 1. The van der Waals surface area contributed by atoms with Gasteiger partial charge in [-0.05, 0) is 38.8 Å². The van der Waals surface area contributed by atoms with Gasteiger partial charge in [0.15, 0.2) is 0 Å². The molecule has 0 fully saturated rings. The Bertz CT molecular complexity index is 403. The van der Waals surface area contributed by atoms with Gasteiger partial charge in [-0.3, -0.25) is 4.79 Å². The highest BCUT2D eigenvalue weighted by Crippen LogP contribution is 2.18. The maximum absolute atomic E-state index is 12.4. The largest absolute Gasteiger partial charge is 0.338 e. The second kappa shape index (κ2) is 5.32. The summed E-state index contributed by atoms with van der Waals surface area (Å²) in [7, 11) is 1.80. The highest BCUT2D eigenvalue weighted by Gasteiger charge is 2.19. The molecule has 0 aliphatic carbocycles. The lowest BCUT2D eigenvalue weighted by Crippen LogP contribution is -2.40. The summed E-state index contributed by atoms with van der Waals surface area (Å²) in [6, 6.07) is 4.14. The molecule has 0 heterocycles. The number of benzene rings is 1. The fraction of sp³-hybridized carbons (Fsp3) is 0.500. The van der Waals surface area contributed by atoms with Crippen LogP contribution in [0.1, 0.15) is 34.0 Å². The highest BCUT2D eigenvalue weighted by molar-refractivity contribution is 5.97. The first-order valence-electron chi connectivity index (χ1n) is 5.93. The summed E-state index contributed by atoms with van der Waals surface area (Å²) in [6.07, 6.45) is 0. The molecule has 1 atom stereocenters. The van der Waals surface area contributed by atoms with Gasteiger partial charge in [0.05, 0.1) is 0 Å². The minimum Gasteiger partial charge on any atom is -0.338 e. The van der Waals surface area contributed by atoms with Crippen LogP contribution in [-0.4, -0.2) is 30.4 Å². The van der Waals surface area contributed by atoms with Gasteiger partial charge in [-0.2, -0.15) is 0 Å². The summed E-state index contributed by atoms with van der Waals surface area (Å²) < 4.78 is 0. The lowest BCUT2D eigenvalue weighted by molar-refractivity contribution is 0.0747. The summed E-state index contributed by atoms with van der Waals surface area (Å²) in [4.78, 5) is 14.1. The lowest BCUT2D eigenvalue weighted by atomic mass is 9.98. The van der Waals surface area contributed by atoms with Crippen LogP contribution in [0.3, 0.4) is 0 Å². The van der Waals surface area contributed by atoms with Crippen LogP contribution in [0.4, 0.5) is 0 Å².